The van der Waals surface area contributed by atoms with Gasteiger partial charge in [0.25, 0.3) is 5.91 Å². The molecule has 1 heterocycles. The largest absolute Gasteiger partial charge is 0.484 e. The van der Waals surface area contributed by atoms with Crippen LogP contribution in [-0.4, -0.2) is 30.2 Å². The highest BCUT2D eigenvalue weighted by Crippen LogP contribution is 2.26. The fourth-order valence-electron chi connectivity index (χ4n) is 2.08. The number of thiocarbonyl (C=S) groups is 1. The number of hydrogen-bond donors (Lipinski definition) is 2. The van der Waals surface area contributed by atoms with Crippen molar-refractivity contribution in [2.45, 2.75) is 19.4 Å². The minimum atomic E-state index is -0.404. The normalized spacial score (nSPS) is 21.4. The van der Waals surface area contributed by atoms with E-state index in [0.29, 0.717) is 18.0 Å². The smallest absolute Gasteiger partial charge is 0.253 e. The van der Waals surface area contributed by atoms with Gasteiger partial charge in [-0.05, 0) is 24.5 Å². The molecule has 0 aromatic heterocycles. The molecule has 0 spiro atoms. The Balaban J connectivity index is 2.04. The highest BCUT2D eigenvalue weighted by molar-refractivity contribution is 7.80. The zero-order valence-electron chi connectivity index (χ0n) is 11.3. The molecule has 1 fully saturated rings. The van der Waals surface area contributed by atoms with Gasteiger partial charge >= 0.3 is 0 Å². The third-order valence-electron chi connectivity index (χ3n) is 3.16. The van der Waals surface area contributed by atoms with Crippen LogP contribution in [0.15, 0.2) is 24.3 Å². The maximum atomic E-state index is 12.2. The summed E-state index contributed by atoms with van der Waals surface area (Å²) < 4.78 is 10.9. The Morgan fingerprint density at radius 3 is 2.95 bits per heavy atom. The average molecular weight is 294 g/mol. The van der Waals surface area contributed by atoms with Crippen LogP contribution in [0.2, 0.25) is 0 Å². The SMILES string of the molecule is CC1CCOC1C(=O)Nc1ccccc1OCC(N)=S. The molecular weight excluding hydrogens is 276 g/mol. The summed E-state index contributed by atoms with van der Waals surface area (Å²) in [6, 6.07) is 7.17. The Kier molecular flexibility index (Phi) is 4.92. The van der Waals surface area contributed by atoms with Crippen LogP contribution in [0.4, 0.5) is 5.69 Å². The monoisotopic (exact) mass is 294 g/mol. The van der Waals surface area contributed by atoms with Crippen molar-refractivity contribution in [3.8, 4) is 5.75 Å². The van der Waals surface area contributed by atoms with Crippen molar-refractivity contribution in [3.63, 3.8) is 0 Å². The average Bonchev–Trinajstić information content (AvgIpc) is 2.84. The predicted octanol–water partition coefficient (Wildman–Crippen LogP) is 1.72. The lowest BCUT2D eigenvalue weighted by Gasteiger charge is -2.16. The number of nitrogens with one attached hydrogen (secondary N) is 1. The van der Waals surface area contributed by atoms with Crippen LogP contribution in [0.25, 0.3) is 0 Å². The summed E-state index contributed by atoms with van der Waals surface area (Å²) in [5.74, 6) is 0.611. The second-order valence-electron chi connectivity index (χ2n) is 4.80. The van der Waals surface area contributed by atoms with Crippen molar-refractivity contribution in [3.05, 3.63) is 24.3 Å². The van der Waals surface area contributed by atoms with E-state index in [1.807, 2.05) is 19.1 Å². The van der Waals surface area contributed by atoms with Gasteiger partial charge in [-0.25, -0.2) is 0 Å². The van der Waals surface area contributed by atoms with Gasteiger partial charge < -0.3 is 20.5 Å². The molecule has 0 radical (unpaired) electrons. The Morgan fingerprint density at radius 1 is 1.55 bits per heavy atom. The Morgan fingerprint density at radius 2 is 2.30 bits per heavy atom. The first-order chi connectivity index (χ1) is 9.58. The summed E-state index contributed by atoms with van der Waals surface area (Å²) in [6.07, 6.45) is 0.496. The number of ether oxygens (including phenoxy) is 2. The van der Waals surface area contributed by atoms with Gasteiger partial charge in [-0.15, -0.1) is 0 Å². The van der Waals surface area contributed by atoms with E-state index in [1.54, 1.807) is 12.1 Å². The number of para-hydroxylation sites is 2. The van der Waals surface area contributed by atoms with Gasteiger partial charge in [0, 0.05) is 6.61 Å². The number of benzene rings is 1. The second-order valence-corrected chi connectivity index (χ2v) is 5.32. The van der Waals surface area contributed by atoms with Gasteiger partial charge in [0.1, 0.15) is 23.4 Å². The molecule has 0 aliphatic carbocycles. The van der Waals surface area contributed by atoms with Crippen molar-refractivity contribution in [1.29, 1.82) is 0 Å². The molecule has 1 aliphatic heterocycles. The van der Waals surface area contributed by atoms with Crippen LogP contribution in [-0.2, 0) is 9.53 Å². The van der Waals surface area contributed by atoms with Crippen LogP contribution >= 0.6 is 12.2 Å². The fraction of sp³-hybridized carbons (Fsp3) is 0.429. The molecule has 0 saturated carbocycles. The molecule has 108 valence electrons. The quantitative estimate of drug-likeness (QED) is 0.809. The zero-order chi connectivity index (χ0) is 14.5. The van der Waals surface area contributed by atoms with E-state index in [-0.39, 0.29) is 23.4 Å². The number of carbonyl (C=O) groups is 1. The maximum Gasteiger partial charge on any atom is 0.253 e. The lowest BCUT2D eigenvalue weighted by molar-refractivity contribution is -0.126. The van der Waals surface area contributed by atoms with Crippen molar-refractivity contribution >= 4 is 28.8 Å². The molecule has 1 aliphatic rings. The zero-order valence-corrected chi connectivity index (χ0v) is 12.1. The van der Waals surface area contributed by atoms with Crippen LogP contribution in [0.3, 0.4) is 0 Å². The first kappa shape index (κ1) is 14.7. The summed E-state index contributed by atoms with van der Waals surface area (Å²) in [6.45, 7) is 2.77. The molecule has 1 aromatic rings. The topological polar surface area (TPSA) is 73.6 Å². The van der Waals surface area contributed by atoms with Crippen molar-refractivity contribution in [2.75, 3.05) is 18.5 Å². The van der Waals surface area contributed by atoms with Crippen molar-refractivity contribution in [2.24, 2.45) is 11.7 Å². The molecule has 2 rings (SSSR count). The van der Waals surface area contributed by atoms with E-state index in [1.165, 1.54) is 0 Å². The third-order valence-corrected chi connectivity index (χ3v) is 3.28. The molecule has 20 heavy (non-hydrogen) atoms. The van der Waals surface area contributed by atoms with Crippen LogP contribution in [0.5, 0.6) is 5.75 Å². The first-order valence-corrected chi connectivity index (χ1v) is 6.91. The van der Waals surface area contributed by atoms with Crippen LogP contribution in [0, 0.1) is 5.92 Å². The van der Waals surface area contributed by atoms with Crippen molar-refractivity contribution < 1.29 is 14.3 Å². The van der Waals surface area contributed by atoms with Crippen LogP contribution < -0.4 is 15.8 Å². The van der Waals surface area contributed by atoms with Crippen molar-refractivity contribution in [1.82, 2.24) is 0 Å². The van der Waals surface area contributed by atoms with E-state index in [9.17, 15) is 4.79 Å². The summed E-state index contributed by atoms with van der Waals surface area (Å²) in [7, 11) is 0. The van der Waals surface area contributed by atoms with Gasteiger partial charge in [-0.3, -0.25) is 4.79 Å². The summed E-state index contributed by atoms with van der Waals surface area (Å²) in [4.78, 5) is 12.4. The minimum Gasteiger partial charge on any atom is -0.484 e. The van der Waals surface area contributed by atoms with Gasteiger partial charge in [0.15, 0.2) is 0 Å². The molecule has 0 bridgehead atoms. The highest BCUT2D eigenvalue weighted by Gasteiger charge is 2.31. The lowest BCUT2D eigenvalue weighted by Crippen LogP contribution is -2.31. The summed E-state index contributed by atoms with van der Waals surface area (Å²) in [5, 5.41) is 2.83. The molecule has 1 saturated heterocycles. The van der Waals surface area contributed by atoms with E-state index < -0.39 is 6.10 Å². The maximum absolute atomic E-state index is 12.2. The van der Waals surface area contributed by atoms with E-state index in [0.717, 1.165) is 6.42 Å². The Labute approximate surface area is 123 Å². The number of nitrogens with two attached hydrogens (primary N) is 1. The molecule has 2 atom stereocenters. The Hall–Kier alpha value is -1.66. The van der Waals surface area contributed by atoms with Gasteiger partial charge in [0.05, 0.1) is 5.69 Å². The highest BCUT2D eigenvalue weighted by atomic mass is 32.1. The van der Waals surface area contributed by atoms with Crippen LogP contribution in [0.1, 0.15) is 13.3 Å². The fourth-order valence-corrected chi connectivity index (χ4v) is 2.14. The number of carbonyl (C=O) groups excluding carboxylic acids is 1. The number of amides is 1. The summed E-state index contributed by atoms with van der Waals surface area (Å²) in [5.41, 5.74) is 6.00. The Bertz CT molecular complexity index is 507. The molecule has 2 unspecified atom stereocenters. The van der Waals surface area contributed by atoms with E-state index >= 15 is 0 Å². The molecular formula is C14H18N2O3S. The predicted molar refractivity (Wildman–Crippen MR) is 80.9 cm³/mol. The van der Waals surface area contributed by atoms with E-state index in [4.69, 9.17) is 27.4 Å². The summed E-state index contributed by atoms with van der Waals surface area (Å²) >= 11 is 4.77. The van der Waals surface area contributed by atoms with Gasteiger partial charge in [-0.2, -0.15) is 0 Å². The number of rotatable bonds is 5. The van der Waals surface area contributed by atoms with Gasteiger partial charge in [0.2, 0.25) is 0 Å². The molecule has 5 nitrogen and oxygen atoms in total. The minimum absolute atomic E-state index is 0.137. The van der Waals surface area contributed by atoms with Gasteiger partial charge in [-0.1, -0.05) is 31.3 Å². The first-order valence-electron chi connectivity index (χ1n) is 6.50. The molecule has 3 N–H and O–H groups in total. The standard InChI is InChI=1S/C14H18N2O3S/c1-9-6-7-18-13(9)14(17)16-10-4-2-3-5-11(10)19-8-12(15)20/h2-5,9,13H,6-8H2,1H3,(H2,15,20)(H,16,17). The van der Waals surface area contributed by atoms with E-state index in [2.05, 4.69) is 5.32 Å². The third kappa shape index (κ3) is 3.68. The second kappa shape index (κ2) is 6.67. The molecule has 1 aromatic carbocycles. The number of hydrogen-bond acceptors (Lipinski definition) is 4. The number of anilines is 1. The molecule has 6 heteroatoms. The lowest BCUT2D eigenvalue weighted by atomic mass is 10.0. The molecule has 1 amide bonds.